The lowest BCUT2D eigenvalue weighted by molar-refractivity contribution is 0.318. The number of para-hydroxylation sites is 1. The fourth-order valence-electron chi connectivity index (χ4n) is 1.09. The third kappa shape index (κ3) is 2.86. The van der Waals surface area contributed by atoms with Gasteiger partial charge in [-0.25, -0.2) is 8.42 Å². The number of anilines is 1. The molecule has 88 valence electrons. The van der Waals surface area contributed by atoms with Crippen molar-refractivity contribution in [3.05, 3.63) is 29.8 Å². The third-order valence-electron chi connectivity index (χ3n) is 1.96. The molecule has 4 N–H and O–H groups in total. The molecule has 0 aromatic heterocycles. The first-order valence-electron chi connectivity index (χ1n) is 4.57. The van der Waals surface area contributed by atoms with Crippen molar-refractivity contribution in [1.29, 1.82) is 0 Å². The van der Waals surface area contributed by atoms with E-state index in [0.717, 1.165) is 0 Å². The maximum absolute atomic E-state index is 11.4. The summed E-state index contributed by atoms with van der Waals surface area (Å²) in [6, 6.07) is 6.42. The van der Waals surface area contributed by atoms with Crippen molar-refractivity contribution in [3.8, 4) is 0 Å². The standard InChI is InChI=1S/C9H13N3O3S/c1-2-16(14,15)12-8-6-4-3-5-7(8)9(10)11-13/h3-6,12-13H,2H2,1H3,(H2,10,11). The van der Waals surface area contributed by atoms with Gasteiger partial charge in [-0.05, 0) is 19.1 Å². The number of sulfonamides is 1. The van der Waals surface area contributed by atoms with E-state index < -0.39 is 10.0 Å². The number of nitrogens with zero attached hydrogens (tertiary/aromatic N) is 1. The number of oxime groups is 1. The van der Waals surface area contributed by atoms with Gasteiger partial charge in [-0.1, -0.05) is 17.3 Å². The first-order chi connectivity index (χ1) is 7.50. The van der Waals surface area contributed by atoms with Crippen molar-refractivity contribution in [2.75, 3.05) is 10.5 Å². The Morgan fingerprint density at radius 1 is 1.50 bits per heavy atom. The fourth-order valence-corrected chi connectivity index (χ4v) is 1.75. The number of nitrogens with one attached hydrogen (secondary N) is 1. The second-order valence-electron chi connectivity index (χ2n) is 3.04. The minimum Gasteiger partial charge on any atom is -0.409 e. The second kappa shape index (κ2) is 4.84. The molecule has 0 aliphatic heterocycles. The lowest BCUT2D eigenvalue weighted by Crippen LogP contribution is -2.20. The predicted molar refractivity (Wildman–Crippen MR) is 62.0 cm³/mol. The average molecular weight is 243 g/mol. The van der Waals surface area contributed by atoms with E-state index in [2.05, 4.69) is 9.88 Å². The number of rotatable bonds is 4. The molecule has 0 saturated heterocycles. The van der Waals surface area contributed by atoms with Gasteiger partial charge in [-0.15, -0.1) is 0 Å². The molecule has 6 nitrogen and oxygen atoms in total. The van der Waals surface area contributed by atoms with E-state index in [9.17, 15) is 8.42 Å². The van der Waals surface area contributed by atoms with Crippen molar-refractivity contribution in [1.82, 2.24) is 0 Å². The average Bonchev–Trinajstić information content (AvgIpc) is 2.28. The van der Waals surface area contributed by atoms with E-state index in [-0.39, 0.29) is 11.6 Å². The molecule has 0 amide bonds. The van der Waals surface area contributed by atoms with Crippen molar-refractivity contribution < 1.29 is 13.6 Å². The van der Waals surface area contributed by atoms with Crippen molar-refractivity contribution in [2.24, 2.45) is 10.9 Å². The van der Waals surface area contributed by atoms with E-state index in [1.165, 1.54) is 6.92 Å². The van der Waals surface area contributed by atoms with Crippen LogP contribution in [-0.4, -0.2) is 25.2 Å². The first-order valence-corrected chi connectivity index (χ1v) is 6.23. The first kappa shape index (κ1) is 12.3. The van der Waals surface area contributed by atoms with Crippen molar-refractivity contribution in [2.45, 2.75) is 6.92 Å². The summed E-state index contributed by atoms with van der Waals surface area (Å²) in [5, 5.41) is 11.4. The zero-order chi connectivity index (χ0) is 12.2. The summed E-state index contributed by atoms with van der Waals surface area (Å²) in [6.45, 7) is 1.52. The van der Waals surface area contributed by atoms with Crippen LogP contribution < -0.4 is 10.5 Å². The maximum atomic E-state index is 11.4. The summed E-state index contributed by atoms with van der Waals surface area (Å²) in [4.78, 5) is 0. The van der Waals surface area contributed by atoms with Crippen LogP contribution in [0, 0.1) is 0 Å². The minimum absolute atomic E-state index is 0.0441. The number of nitrogens with two attached hydrogens (primary N) is 1. The Hall–Kier alpha value is -1.76. The van der Waals surface area contributed by atoms with E-state index in [4.69, 9.17) is 10.9 Å². The molecule has 0 radical (unpaired) electrons. The summed E-state index contributed by atoms with van der Waals surface area (Å²) in [5.41, 5.74) is 6.05. The minimum atomic E-state index is -3.38. The number of hydrogen-bond acceptors (Lipinski definition) is 4. The molecule has 0 heterocycles. The zero-order valence-electron chi connectivity index (χ0n) is 8.71. The monoisotopic (exact) mass is 243 g/mol. The van der Waals surface area contributed by atoms with Gasteiger partial charge in [0, 0.05) is 5.56 Å². The molecule has 1 rings (SSSR count). The Morgan fingerprint density at radius 3 is 2.69 bits per heavy atom. The Labute approximate surface area is 93.8 Å². The molecule has 7 heteroatoms. The van der Waals surface area contributed by atoms with Crippen LogP contribution in [0.3, 0.4) is 0 Å². The van der Waals surface area contributed by atoms with Gasteiger partial charge in [0.05, 0.1) is 11.4 Å². The molecule has 0 fully saturated rings. The van der Waals surface area contributed by atoms with E-state index >= 15 is 0 Å². The Bertz CT molecular complexity index is 496. The molecule has 0 aliphatic rings. The van der Waals surface area contributed by atoms with Gasteiger partial charge in [-0.2, -0.15) is 0 Å². The quantitative estimate of drug-likeness (QED) is 0.310. The van der Waals surface area contributed by atoms with Crippen LogP contribution in [0.1, 0.15) is 12.5 Å². The molecule has 0 unspecified atom stereocenters. The molecule has 0 saturated carbocycles. The Morgan fingerprint density at radius 2 is 2.12 bits per heavy atom. The molecule has 1 aromatic rings. The van der Waals surface area contributed by atoms with E-state index in [0.29, 0.717) is 11.3 Å². The Kier molecular flexibility index (Phi) is 3.73. The highest BCUT2D eigenvalue weighted by atomic mass is 32.2. The van der Waals surface area contributed by atoms with Crippen LogP contribution in [0.4, 0.5) is 5.69 Å². The van der Waals surface area contributed by atoms with Crippen LogP contribution in [0.5, 0.6) is 0 Å². The van der Waals surface area contributed by atoms with Gasteiger partial charge in [-0.3, -0.25) is 4.72 Å². The molecule has 0 aliphatic carbocycles. The molecule has 0 bridgehead atoms. The van der Waals surface area contributed by atoms with Gasteiger partial charge in [0.1, 0.15) is 0 Å². The van der Waals surface area contributed by atoms with Gasteiger partial charge in [0.25, 0.3) is 0 Å². The van der Waals surface area contributed by atoms with Gasteiger partial charge >= 0.3 is 0 Å². The van der Waals surface area contributed by atoms with Crippen LogP contribution in [-0.2, 0) is 10.0 Å². The Balaban J connectivity index is 3.15. The molecule has 1 aromatic carbocycles. The summed E-state index contributed by atoms with van der Waals surface area (Å²) in [5.74, 6) is -0.188. The van der Waals surface area contributed by atoms with Crippen LogP contribution in [0.2, 0.25) is 0 Å². The molecular weight excluding hydrogens is 230 g/mol. The van der Waals surface area contributed by atoms with Crippen molar-refractivity contribution in [3.63, 3.8) is 0 Å². The number of benzene rings is 1. The number of hydrogen-bond donors (Lipinski definition) is 3. The van der Waals surface area contributed by atoms with Crippen molar-refractivity contribution >= 4 is 21.5 Å². The lowest BCUT2D eigenvalue weighted by atomic mass is 10.2. The highest BCUT2D eigenvalue weighted by Gasteiger charge is 2.12. The molecule has 16 heavy (non-hydrogen) atoms. The number of amidine groups is 1. The summed E-state index contributed by atoms with van der Waals surface area (Å²) < 4.78 is 25.1. The van der Waals surface area contributed by atoms with E-state index in [1.807, 2.05) is 0 Å². The second-order valence-corrected chi connectivity index (χ2v) is 5.05. The topological polar surface area (TPSA) is 105 Å². The van der Waals surface area contributed by atoms with Gasteiger partial charge in [0.2, 0.25) is 10.0 Å². The van der Waals surface area contributed by atoms with Crippen LogP contribution in [0.25, 0.3) is 0 Å². The molecule has 0 spiro atoms. The highest BCUT2D eigenvalue weighted by Crippen LogP contribution is 2.16. The molecular formula is C9H13N3O3S. The highest BCUT2D eigenvalue weighted by molar-refractivity contribution is 7.92. The predicted octanol–water partition coefficient (Wildman–Crippen LogP) is 0.543. The van der Waals surface area contributed by atoms with Crippen LogP contribution in [0.15, 0.2) is 29.4 Å². The molecule has 0 atom stereocenters. The SMILES string of the molecule is CCS(=O)(=O)Nc1ccccc1/C(N)=N/O. The summed E-state index contributed by atoms with van der Waals surface area (Å²) >= 11 is 0. The summed E-state index contributed by atoms with van der Waals surface area (Å²) in [7, 11) is -3.38. The normalized spacial score (nSPS) is 12.4. The van der Waals surface area contributed by atoms with Crippen LogP contribution >= 0.6 is 0 Å². The fraction of sp³-hybridized carbons (Fsp3) is 0.222. The summed E-state index contributed by atoms with van der Waals surface area (Å²) in [6.07, 6.45) is 0. The maximum Gasteiger partial charge on any atom is 0.232 e. The zero-order valence-corrected chi connectivity index (χ0v) is 9.53. The largest absolute Gasteiger partial charge is 0.409 e. The third-order valence-corrected chi connectivity index (χ3v) is 3.25. The van der Waals surface area contributed by atoms with E-state index in [1.54, 1.807) is 24.3 Å². The lowest BCUT2D eigenvalue weighted by Gasteiger charge is -2.10. The van der Waals surface area contributed by atoms with Gasteiger partial charge in [0.15, 0.2) is 5.84 Å². The van der Waals surface area contributed by atoms with Gasteiger partial charge < -0.3 is 10.9 Å². The smallest absolute Gasteiger partial charge is 0.232 e.